The molecule has 3 nitrogen and oxygen atoms in total. The van der Waals surface area contributed by atoms with Gasteiger partial charge in [-0.1, -0.05) is 12.1 Å². The molecule has 2 rings (SSSR count). The lowest BCUT2D eigenvalue weighted by atomic mass is 10.1. The van der Waals surface area contributed by atoms with E-state index in [1.54, 1.807) is 12.1 Å². The molecule has 0 saturated carbocycles. The molecule has 0 spiro atoms. The first-order valence-electron chi connectivity index (χ1n) is 6.77. The minimum atomic E-state index is 0.345. The Balaban J connectivity index is 2.07. The Morgan fingerprint density at radius 3 is 2.61 bits per heavy atom. The molecule has 18 heavy (non-hydrogen) atoms. The Labute approximate surface area is 110 Å². The van der Waals surface area contributed by atoms with Crippen LogP contribution < -0.4 is 0 Å². The number of nitrogens with zero attached hydrogens (tertiary/aromatic N) is 2. The predicted molar refractivity (Wildman–Crippen MR) is 74.8 cm³/mol. The van der Waals surface area contributed by atoms with Gasteiger partial charge in [0.1, 0.15) is 5.75 Å². The van der Waals surface area contributed by atoms with E-state index in [-0.39, 0.29) is 0 Å². The van der Waals surface area contributed by atoms with Crippen molar-refractivity contribution < 1.29 is 5.11 Å². The predicted octanol–water partition coefficient (Wildman–Crippen LogP) is 2.48. The third-order valence-electron chi connectivity index (χ3n) is 3.87. The zero-order valence-electron chi connectivity index (χ0n) is 11.6. The van der Waals surface area contributed by atoms with Gasteiger partial charge in [-0.25, -0.2) is 0 Å². The van der Waals surface area contributed by atoms with E-state index < -0.39 is 0 Å². The third-order valence-corrected chi connectivity index (χ3v) is 3.87. The molecule has 0 aliphatic carbocycles. The van der Waals surface area contributed by atoms with Crippen molar-refractivity contribution in [3.05, 3.63) is 29.8 Å². The van der Waals surface area contributed by atoms with E-state index in [2.05, 4.69) is 30.8 Å². The van der Waals surface area contributed by atoms with E-state index >= 15 is 0 Å². The molecular weight excluding hydrogens is 224 g/mol. The number of benzene rings is 1. The van der Waals surface area contributed by atoms with Crippen LogP contribution in [0.2, 0.25) is 0 Å². The molecule has 1 saturated heterocycles. The second-order valence-electron chi connectivity index (χ2n) is 5.56. The van der Waals surface area contributed by atoms with E-state index in [0.717, 1.165) is 6.54 Å². The summed E-state index contributed by atoms with van der Waals surface area (Å²) >= 11 is 0. The number of likely N-dealkylation sites (N-methyl/N-ethyl adjacent to an activating group) is 1. The van der Waals surface area contributed by atoms with Crippen molar-refractivity contribution in [2.75, 3.05) is 27.2 Å². The van der Waals surface area contributed by atoms with Gasteiger partial charge in [0.25, 0.3) is 0 Å². The molecule has 1 aromatic rings. The number of likely N-dealkylation sites (tertiary alicyclic amines) is 1. The highest BCUT2D eigenvalue weighted by Crippen LogP contribution is 2.30. The van der Waals surface area contributed by atoms with Crippen LogP contribution in [0.4, 0.5) is 0 Å². The van der Waals surface area contributed by atoms with Crippen LogP contribution in [0.25, 0.3) is 0 Å². The molecule has 100 valence electrons. The molecular formula is C15H24N2O. The molecule has 0 aromatic heterocycles. The molecule has 1 aliphatic heterocycles. The maximum Gasteiger partial charge on any atom is 0.115 e. The summed E-state index contributed by atoms with van der Waals surface area (Å²) in [5.41, 5.74) is 1.29. The number of phenolic OH excluding ortho intramolecular Hbond substituents is 1. The van der Waals surface area contributed by atoms with E-state index in [0.29, 0.717) is 17.8 Å². The smallest absolute Gasteiger partial charge is 0.115 e. The largest absolute Gasteiger partial charge is 0.508 e. The number of phenols is 1. The lowest BCUT2D eigenvalue weighted by Gasteiger charge is -2.32. The average molecular weight is 248 g/mol. The molecule has 0 amide bonds. The minimum Gasteiger partial charge on any atom is -0.508 e. The second-order valence-corrected chi connectivity index (χ2v) is 5.56. The first kappa shape index (κ1) is 13.4. The number of hydrogen-bond acceptors (Lipinski definition) is 3. The Morgan fingerprint density at radius 1 is 1.33 bits per heavy atom. The summed E-state index contributed by atoms with van der Waals surface area (Å²) in [5.74, 6) is 0.345. The highest BCUT2D eigenvalue weighted by molar-refractivity contribution is 5.28. The third kappa shape index (κ3) is 3.03. The fraction of sp³-hybridized carbons (Fsp3) is 0.600. The van der Waals surface area contributed by atoms with Crippen LogP contribution in [0.1, 0.15) is 31.4 Å². The molecule has 0 radical (unpaired) electrons. The van der Waals surface area contributed by atoms with Gasteiger partial charge in [-0.3, -0.25) is 4.90 Å². The molecule has 2 unspecified atom stereocenters. The summed E-state index contributed by atoms with van der Waals surface area (Å²) in [4.78, 5) is 4.86. The van der Waals surface area contributed by atoms with Crippen molar-refractivity contribution in [3.63, 3.8) is 0 Å². The fourth-order valence-electron chi connectivity index (χ4n) is 2.93. The maximum atomic E-state index is 9.35. The Hall–Kier alpha value is -1.06. The molecule has 1 heterocycles. The molecule has 1 aromatic carbocycles. The number of aromatic hydroxyl groups is 1. The molecule has 1 N–H and O–H groups in total. The van der Waals surface area contributed by atoms with E-state index in [1.165, 1.54) is 24.9 Å². The van der Waals surface area contributed by atoms with Gasteiger partial charge in [0.2, 0.25) is 0 Å². The van der Waals surface area contributed by atoms with E-state index in [1.807, 2.05) is 12.1 Å². The minimum absolute atomic E-state index is 0.345. The van der Waals surface area contributed by atoms with Crippen molar-refractivity contribution in [1.82, 2.24) is 9.80 Å². The average Bonchev–Trinajstić information content (AvgIpc) is 2.76. The Bertz CT molecular complexity index is 375. The van der Waals surface area contributed by atoms with Crippen molar-refractivity contribution in [2.45, 2.75) is 31.8 Å². The fourth-order valence-corrected chi connectivity index (χ4v) is 2.93. The SMILES string of the molecule is CC(c1ccc(O)cc1)N1CCCC1CN(C)C. The van der Waals surface area contributed by atoms with Gasteiger partial charge in [-0.15, -0.1) is 0 Å². The summed E-state index contributed by atoms with van der Waals surface area (Å²) in [6.45, 7) is 4.57. The maximum absolute atomic E-state index is 9.35. The van der Waals surface area contributed by atoms with Crippen molar-refractivity contribution >= 4 is 0 Å². The van der Waals surface area contributed by atoms with Gasteiger partial charge in [0.05, 0.1) is 0 Å². The molecule has 1 fully saturated rings. The molecule has 0 bridgehead atoms. The first-order valence-corrected chi connectivity index (χ1v) is 6.77. The van der Waals surface area contributed by atoms with Crippen LogP contribution in [-0.4, -0.2) is 48.1 Å². The van der Waals surface area contributed by atoms with E-state index in [4.69, 9.17) is 0 Å². The quantitative estimate of drug-likeness (QED) is 0.887. The zero-order valence-corrected chi connectivity index (χ0v) is 11.6. The zero-order chi connectivity index (χ0) is 13.1. The summed E-state index contributed by atoms with van der Waals surface area (Å²) in [6.07, 6.45) is 2.58. The monoisotopic (exact) mass is 248 g/mol. The van der Waals surface area contributed by atoms with Crippen LogP contribution in [0.15, 0.2) is 24.3 Å². The summed E-state index contributed by atoms with van der Waals surface area (Å²) in [6, 6.07) is 8.71. The van der Waals surface area contributed by atoms with Crippen LogP contribution in [0, 0.1) is 0 Å². The van der Waals surface area contributed by atoms with Gasteiger partial charge in [-0.2, -0.15) is 0 Å². The van der Waals surface area contributed by atoms with Crippen LogP contribution in [-0.2, 0) is 0 Å². The van der Waals surface area contributed by atoms with Crippen LogP contribution in [0.3, 0.4) is 0 Å². The van der Waals surface area contributed by atoms with Gasteiger partial charge in [0.15, 0.2) is 0 Å². The van der Waals surface area contributed by atoms with Gasteiger partial charge >= 0.3 is 0 Å². The molecule has 2 atom stereocenters. The molecule has 3 heteroatoms. The highest BCUT2D eigenvalue weighted by atomic mass is 16.3. The molecule has 1 aliphatic rings. The van der Waals surface area contributed by atoms with Crippen LogP contribution >= 0.6 is 0 Å². The van der Waals surface area contributed by atoms with Gasteiger partial charge < -0.3 is 10.0 Å². The van der Waals surface area contributed by atoms with Gasteiger partial charge in [0, 0.05) is 18.6 Å². The van der Waals surface area contributed by atoms with Crippen LogP contribution in [0.5, 0.6) is 5.75 Å². The second kappa shape index (κ2) is 5.72. The first-order chi connectivity index (χ1) is 8.58. The lowest BCUT2D eigenvalue weighted by Crippen LogP contribution is -2.38. The number of hydrogen-bond donors (Lipinski definition) is 1. The summed E-state index contributed by atoms with van der Waals surface area (Å²) < 4.78 is 0. The summed E-state index contributed by atoms with van der Waals surface area (Å²) in [5, 5.41) is 9.35. The van der Waals surface area contributed by atoms with E-state index in [9.17, 15) is 5.11 Å². The Morgan fingerprint density at radius 2 is 2.00 bits per heavy atom. The number of rotatable bonds is 4. The summed E-state index contributed by atoms with van der Waals surface area (Å²) in [7, 11) is 4.28. The van der Waals surface area contributed by atoms with Crippen molar-refractivity contribution in [2.24, 2.45) is 0 Å². The van der Waals surface area contributed by atoms with Crippen molar-refractivity contribution in [3.8, 4) is 5.75 Å². The van der Waals surface area contributed by atoms with Gasteiger partial charge in [-0.05, 0) is 58.1 Å². The standard InChI is InChI=1S/C15H24N2O/c1-12(13-6-8-15(18)9-7-13)17-10-4-5-14(17)11-16(2)3/h6-9,12,14,18H,4-5,10-11H2,1-3H3. The lowest BCUT2D eigenvalue weighted by molar-refractivity contribution is 0.162. The Kier molecular flexibility index (Phi) is 4.25. The topological polar surface area (TPSA) is 26.7 Å². The van der Waals surface area contributed by atoms with Crippen molar-refractivity contribution in [1.29, 1.82) is 0 Å². The highest BCUT2D eigenvalue weighted by Gasteiger charge is 2.29. The normalized spacial score (nSPS) is 22.6.